The number of halogens is 2. The van der Waals surface area contributed by atoms with Crippen LogP contribution in [0.2, 0.25) is 5.15 Å². The van der Waals surface area contributed by atoms with Gasteiger partial charge in [-0.1, -0.05) is 11.6 Å². The Labute approximate surface area is 130 Å². The Balaban J connectivity index is 2.01. The zero-order chi connectivity index (χ0) is 15.1. The average Bonchev–Trinajstić information content (AvgIpc) is 2.96. The van der Waals surface area contributed by atoms with Gasteiger partial charge in [0.05, 0.1) is 11.6 Å². The molecule has 0 bridgehead atoms. The summed E-state index contributed by atoms with van der Waals surface area (Å²) in [5.41, 5.74) is 0.565. The first kappa shape index (κ1) is 13.8. The second-order valence-electron chi connectivity index (χ2n) is 4.03. The monoisotopic (exact) mass is 372 g/mol. The predicted octanol–water partition coefficient (Wildman–Crippen LogP) is 1.33. The molecule has 0 saturated carbocycles. The zero-order valence-electron chi connectivity index (χ0n) is 10.4. The van der Waals surface area contributed by atoms with E-state index in [4.69, 9.17) is 11.6 Å². The van der Waals surface area contributed by atoms with E-state index in [1.54, 1.807) is 17.9 Å². The molecule has 12 heteroatoms. The molecule has 0 aliphatic rings. The van der Waals surface area contributed by atoms with Gasteiger partial charge in [-0.2, -0.15) is 9.78 Å². The Hall–Kier alpha value is -2.14. The number of aryl methyl sites for hydroxylation is 1. The second-order valence-corrected chi connectivity index (χ2v) is 5.10. The van der Waals surface area contributed by atoms with Crippen LogP contribution in [0, 0.1) is 10.1 Å². The first-order valence-corrected chi connectivity index (χ1v) is 6.71. The van der Waals surface area contributed by atoms with E-state index in [2.05, 4.69) is 41.1 Å². The third kappa shape index (κ3) is 2.45. The highest BCUT2D eigenvalue weighted by atomic mass is 79.9. The van der Waals surface area contributed by atoms with Crippen LogP contribution in [0.4, 0.5) is 5.95 Å². The van der Waals surface area contributed by atoms with Crippen LogP contribution in [0.25, 0.3) is 11.0 Å². The van der Waals surface area contributed by atoms with Crippen molar-refractivity contribution in [1.82, 2.24) is 34.5 Å². The fraction of sp³-hybridized carbons (Fsp3) is 0.222. The Morgan fingerprint density at radius 1 is 1.43 bits per heavy atom. The molecule has 0 aliphatic carbocycles. The minimum atomic E-state index is -0.681. The lowest BCUT2D eigenvalue weighted by atomic mass is 10.4. The summed E-state index contributed by atoms with van der Waals surface area (Å²) in [5.74, 6) is -0.161. The van der Waals surface area contributed by atoms with Crippen molar-refractivity contribution in [1.29, 1.82) is 0 Å². The van der Waals surface area contributed by atoms with E-state index < -0.39 is 10.9 Å². The van der Waals surface area contributed by atoms with Crippen molar-refractivity contribution in [2.75, 3.05) is 0 Å². The molecule has 0 unspecified atom stereocenters. The lowest BCUT2D eigenvalue weighted by molar-refractivity contribution is -0.394. The SMILES string of the molecule is Cn1ncc2c(Cl)nc(Cn3nc([N+](=O)[O-])nc3Br)nc21. The maximum absolute atomic E-state index is 10.6. The summed E-state index contributed by atoms with van der Waals surface area (Å²) in [4.78, 5) is 22.1. The lowest BCUT2D eigenvalue weighted by Crippen LogP contribution is -2.08. The standard InChI is InChI=1S/C9H6BrClN8O2/c1-17-7-4(2-12-17)6(11)13-5(14-7)3-18-8(10)15-9(16-18)19(20)21/h2H,3H2,1H3. The minimum absolute atomic E-state index is 0.0856. The van der Waals surface area contributed by atoms with Crippen LogP contribution in [-0.4, -0.2) is 39.4 Å². The molecule has 0 fully saturated rings. The smallest absolute Gasteiger partial charge is 0.390 e. The van der Waals surface area contributed by atoms with E-state index in [0.29, 0.717) is 16.9 Å². The summed E-state index contributed by atoms with van der Waals surface area (Å²) in [5, 5.41) is 19.3. The van der Waals surface area contributed by atoms with Gasteiger partial charge < -0.3 is 10.1 Å². The number of aromatic nitrogens is 7. The topological polar surface area (TPSA) is 117 Å². The van der Waals surface area contributed by atoms with Gasteiger partial charge in [0.1, 0.15) is 11.7 Å². The van der Waals surface area contributed by atoms with Crippen molar-refractivity contribution < 1.29 is 4.92 Å². The molecule has 0 spiro atoms. The van der Waals surface area contributed by atoms with Crippen LogP contribution in [0.15, 0.2) is 10.9 Å². The highest BCUT2D eigenvalue weighted by Gasteiger charge is 2.21. The molecule has 0 saturated heterocycles. The van der Waals surface area contributed by atoms with Gasteiger partial charge in [0.15, 0.2) is 11.5 Å². The molecule has 0 aliphatic heterocycles. The first-order valence-electron chi connectivity index (χ1n) is 5.54. The van der Waals surface area contributed by atoms with Crippen molar-refractivity contribution in [3.63, 3.8) is 0 Å². The lowest BCUT2D eigenvalue weighted by Gasteiger charge is -2.01. The fourth-order valence-corrected chi connectivity index (χ4v) is 2.32. The molecule has 21 heavy (non-hydrogen) atoms. The van der Waals surface area contributed by atoms with Crippen LogP contribution in [0.1, 0.15) is 5.82 Å². The highest BCUT2D eigenvalue weighted by Crippen LogP contribution is 2.20. The number of nitro groups is 1. The quantitative estimate of drug-likeness (QED) is 0.386. The maximum Gasteiger partial charge on any atom is 0.492 e. The van der Waals surface area contributed by atoms with Crippen molar-refractivity contribution in [2.45, 2.75) is 6.54 Å². The minimum Gasteiger partial charge on any atom is -0.390 e. The highest BCUT2D eigenvalue weighted by molar-refractivity contribution is 9.10. The first-order chi connectivity index (χ1) is 9.95. The average molecular weight is 374 g/mol. The van der Waals surface area contributed by atoms with Crippen LogP contribution in [-0.2, 0) is 13.6 Å². The van der Waals surface area contributed by atoms with E-state index in [-0.39, 0.29) is 16.4 Å². The van der Waals surface area contributed by atoms with Gasteiger partial charge in [0.25, 0.3) is 4.73 Å². The molecule has 0 amide bonds. The van der Waals surface area contributed by atoms with Crippen molar-refractivity contribution in [3.8, 4) is 0 Å². The number of hydrogen-bond donors (Lipinski definition) is 0. The van der Waals surface area contributed by atoms with Crippen LogP contribution in [0.3, 0.4) is 0 Å². The van der Waals surface area contributed by atoms with E-state index >= 15 is 0 Å². The fourth-order valence-electron chi connectivity index (χ4n) is 1.72. The molecular formula is C9H6BrClN8O2. The molecule has 3 aromatic heterocycles. The Kier molecular flexibility index (Phi) is 3.29. The molecule has 0 aromatic carbocycles. The van der Waals surface area contributed by atoms with Gasteiger partial charge in [-0.15, -0.1) is 0 Å². The number of rotatable bonds is 3. The molecular weight excluding hydrogens is 368 g/mol. The molecule has 0 atom stereocenters. The largest absolute Gasteiger partial charge is 0.492 e. The van der Waals surface area contributed by atoms with Gasteiger partial charge >= 0.3 is 5.95 Å². The van der Waals surface area contributed by atoms with Gasteiger partial charge in [-0.05, 0) is 9.91 Å². The summed E-state index contributed by atoms with van der Waals surface area (Å²) in [6.45, 7) is 0.0856. The van der Waals surface area contributed by atoms with Crippen molar-refractivity contribution in [3.05, 3.63) is 32.0 Å². The Morgan fingerprint density at radius 2 is 2.19 bits per heavy atom. The number of hydrogen-bond acceptors (Lipinski definition) is 7. The number of nitrogens with zero attached hydrogens (tertiary/aromatic N) is 8. The normalized spacial score (nSPS) is 11.2. The van der Waals surface area contributed by atoms with Gasteiger partial charge in [-0.25, -0.2) is 9.97 Å². The Bertz CT molecular complexity index is 859. The zero-order valence-corrected chi connectivity index (χ0v) is 12.8. The Morgan fingerprint density at radius 3 is 2.86 bits per heavy atom. The third-order valence-electron chi connectivity index (χ3n) is 2.66. The van der Waals surface area contributed by atoms with Gasteiger partial charge in [0, 0.05) is 28.1 Å². The summed E-state index contributed by atoms with van der Waals surface area (Å²) in [6, 6.07) is 0. The summed E-state index contributed by atoms with van der Waals surface area (Å²) < 4.78 is 3.04. The van der Waals surface area contributed by atoms with Crippen molar-refractivity contribution >= 4 is 44.5 Å². The van der Waals surface area contributed by atoms with Crippen molar-refractivity contribution in [2.24, 2.45) is 7.05 Å². The van der Waals surface area contributed by atoms with Gasteiger partial charge in [-0.3, -0.25) is 4.68 Å². The summed E-state index contributed by atoms with van der Waals surface area (Å²) in [6.07, 6.45) is 1.57. The van der Waals surface area contributed by atoms with Crippen LogP contribution in [0.5, 0.6) is 0 Å². The third-order valence-corrected chi connectivity index (χ3v) is 3.54. The van der Waals surface area contributed by atoms with Crippen LogP contribution < -0.4 is 0 Å². The van der Waals surface area contributed by atoms with E-state index in [9.17, 15) is 10.1 Å². The molecule has 0 N–H and O–H groups in total. The summed E-state index contributed by atoms with van der Waals surface area (Å²) in [7, 11) is 1.73. The second kappa shape index (κ2) is 5.00. The molecule has 0 radical (unpaired) electrons. The molecule has 108 valence electrons. The molecule has 10 nitrogen and oxygen atoms in total. The molecule has 3 rings (SSSR count). The van der Waals surface area contributed by atoms with E-state index in [1.807, 2.05) is 0 Å². The summed E-state index contributed by atoms with van der Waals surface area (Å²) >= 11 is 9.16. The molecule has 3 aromatic rings. The number of fused-ring (bicyclic) bond motifs is 1. The van der Waals surface area contributed by atoms with Gasteiger partial charge in [0.2, 0.25) is 0 Å². The van der Waals surface area contributed by atoms with E-state index in [1.165, 1.54) is 4.68 Å². The predicted molar refractivity (Wildman–Crippen MR) is 74.8 cm³/mol. The van der Waals surface area contributed by atoms with Crippen LogP contribution >= 0.6 is 27.5 Å². The molecule has 3 heterocycles. The van der Waals surface area contributed by atoms with E-state index in [0.717, 1.165) is 0 Å². The maximum atomic E-state index is 10.6.